The summed E-state index contributed by atoms with van der Waals surface area (Å²) in [5.41, 5.74) is 0. The van der Waals surface area contributed by atoms with Gasteiger partial charge in [-0.2, -0.15) is 4.31 Å². The molecule has 2 heterocycles. The fraction of sp³-hybridized carbons (Fsp3) is 0.571. The maximum Gasteiger partial charge on any atom is 0.243 e. The Kier molecular flexibility index (Phi) is 5.55. The van der Waals surface area contributed by atoms with Gasteiger partial charge in [0.1, 0.15) is 13.2 Å². The zero-order valence-corrected chi connectivity index (χ0v) is 14.1. The molecule has 3 rings (SSSR count). The Hall–Kier alpha value is -1.02. The molecule has 0 amide bonds. The lowest BCUT2D eigenvalue weighted by molar-refractivity contribution is 0.171. The Bertz CT molecular complexity index is 623. The summed E-state index contributed by atoms with van der Waals surface area (Å²) in [6.07, 6.45) is 0.893. The number of hydrogen-bond donors (Lipinski definition) is 1. The van der Waals surface area contributed by atoms with Gasteiger partial charge in [-0.05, 0) is 38.1 Å². The first kappa shape index (κ1) is 17.3. The molecule has 22 heavy (non-hydrogen) atoms. The topological polar surface area (TPSA) is 67.9 Å². The van der Waals surface area contributed by atoms with E-state index < -0.39 is 10.0 Å². The summed E-state index contributed by atoms with van der Waals surface area (Å²) in [4.78, 5) is 0.275. The van der Waals surface area contributed by atoms with Crippen LogP contribution >= 0.6 is 12.4 Å². The molecule has 124 valence electrons. The Morgan fingerprint density at radius 2 is 2.00 bits per heavy atom. The van der Waals surface area contributed by atoms with Crippen LogP contribution in [0.3, 0.4) is 0 Å². The van der Waals surface area contributed by atoms with Gasteiger partial charge in [0.15, 0.2) is 11.5 Å². The highest BCUT2D eigenvalue weighted by Gasteiger charge is 2.32. The van der Waals surface area contributed by atoms with Crippen molar-refractivity contribution in [2.24, 2.45) is 5.92 Å². The Balaban J connectivity index is 0.00000176. The van der Waals surface area contributed by atoms with E-state index in [0.717, 1.165) is 13.0 Å². The second-order valence-corrected chi connectivity index (χ2v) is 7.32. The first-order valence-electron chi connectivity index (χ1n) is 7.15. The molecule has 2 aliphatic rings. The van der Waals surface area contributed by atoms with E-state index >= 15 is 0 Å². The van der Waals surface area contributed by atoms with Crippen molar-refractivity contribution in [3.05, 3.63) is 18.2 Å². The van der Waals surface area contributed by atoms with E-state index in [1.54, 1.807) is 22.5 Å². The number of hydrogen-bond acceptors (Lipinski definition) is 5. The van der Waals surface area contributed by atoms with Crippen LogP contribution in [0.25, 0.3) is 0 Å². The van der Waals surface area contributed by atoms with Crippen molar-refractivity contribution in [2.75, 3.05) is 39.9 Å². The van der Waals surface area contributed by atoms with Crippen LogP contribution in [0.15, 0.2) is 23.1 Å². The van der Waals surface area contributed by atoms with Crippen LogP contribution in [-0.4, -0.2) is 52.6 Å². The quantitative estimate of drug-likeness (QED) is 0.882. The Morgan fingerprint density at radius 1 is 1.27 bits per heavy atom. The summed E-state index contributed by atoms with van der Waals surface area (Å²) in [7, 11) is -1.57. The molecule has 8 heteroatoms. The van der Waals surface area contributed by atoms with Gasteiger partial charge >= 0.3 is 0 Å². The molecule has 6 nitrogen and oxygen atoms in total. The van der Waals surface area contributed by atoms with Crippen LogP contribution in [0.1, 0.15) is 6.42 Å². The first-order valence-corrected chi connectivity index (χ1v) is 8.59. The van der Waals surface area contributed by atoms with Gasteiger partial charge in [-0.1, -0.05) is 0 Å². The summed E-state index contributed by atoms with van der Waals surface area (Å²) >= 11 is 0. The summed E-state index contributed by atoms with van der Waals surface area (Å²) in [5.74, 6) is 1.49. The lowest BCUT2D eigenvalue weighted by Gasteiger charge is -2.21. The van der Waals surface area contributed by atoms with Crippen LogP contribution < -0.4 is 14.8 Å². The van der Waals surface area contributed by atoms with Crippen molar-refractivity contribution < 1.29 is 17.9 Å². The number of ether oxygens (including phenoxy) is 2. The van der Waals surface area contributed by atoms with Crippen LogP contribution in [0.4, 0.5) is 0 Å². The largest absolute Gasteiger partial charge is 0.486 e. The third-order valence-electron chi connectivity index (χ3n) is 3.89. The van der Waals surface area contributed by atoms with Gasteiger partial charge in [0.25, 0.3) is 0 Å². The first-order chi connectivity index (χ1) is 10.1. The maximum atomic E-state index is 12.7. The molecule has 0 aliphatic carbocycles. The highest BCUT2D eigenvalue weighted by molar-refractivity contribution is 7.89. The molecule has 0 radical (unpaired) electrons. The molecule has 1 atom stereocenters. The SMILES string of the molecule is CNCC1CCN(S(=O)(=O)c2ccc3c(c2)OCCO3)C1.Cl. The molecule has 1 fully saturated rings. The molecule has 1 aromatic rings. The van der Waals surface area contributed by atoms with E-state index in [2.05, 4.69) is 5.32 Å². The highest BCUT2D eigenvalue weighted by atomic mass is 35.5. The molecule has 1 aromatic carbocycles. The normalized spacial score (nSPS) is 21.4. The molecule has 0 aromatic heterocycles. The van der Waals surface area contributed by atoms with Crippen molar-refractivity contribution in [3.63, 3.8) is 0 Å². The number of nitrogens with one attached hydrogen (secondary N) is 1. The number of fused-ring (bicyclic) bond motifs is 1. The van der Waals surface area contributed by atoms with Crippen molar-refractivity contribution in [1.82, 2.24) is 9.62 Å². The Morgan fingerprint density at radius 3 is 2.73 bits per heavy atom. The van der Waals surface area contributed by atoms with Gasteiger partial charge in [-0.25, -0.2) is 8.42 Å². The predicted molar refractivity (Wildman–Crippen MR) is 85.5 cm³/mol. The molecule has 0 spiro atoms. The lowest BCUT2D eigenvalue weighted by atomic mass is 10.1. The van der Waals surface area contributed by atoms with E-state index in [0.29, 0.717) is 43.7 Å². The third kappa shape index (κ3) is 3.32. The number of sulfonamides is 1. The smallest absolute Gasteiger partial charge is 0.243 e. The zero-order valence-electron chi connectivity index (χ0n) is 12.4. The monoisotopic (exact) mass is 348 g/mol. The molecular weight excluding hydrogens is 328 g/mol. The average Bonchev–Trinajstić information content (AvgIpc) is 2.96. The molecule has 0 bridgehead atoms. The van der Waals surface area contributed by atoms with Crippen LogP contribution in [0.2, 0.25) is 0 Å². The van der Waals surface area contributed by atoms with Crippen molar-refractivity contribution in [2.45, 2.75) is 11.3 Å². The lowest BCUT2D eigenvalue weighted by Crippen LogP contribution is -2.30. The molecule has 1 saturated heterocycles. The number of benzene rings is 1. The van der Waals surface area contributed by atoms with E-state index in [1.807, 2.05) is 7.05 Å². The highest BCUT2D eigenvalue weighted by Crippen LogP contribution is 2.34. The van der Waals surface area contributed by atoms with Gasteiger partial charge in [0.2, 0.25) is 10.0 Å². The molecule has 1 unspecified atom stereocenters. The zero-order chi connectivity index (χ0) is 14.9. The number of rotatable bonds is 4. The number of nitrogens with zero attached hydrogens (tertiary/aromatic N) is 1. The average molecular weight is 349 g/mol. The van der Waals surface area contributed by atoms with Gasteiger partial charge in [-0.15, -0.1) is 12.4 Å². The fourth-order valence-electron chi connectivity index (χ4n) is 2.80. The van der Waals surface area contributed by atoms with Crippen LogP contribution in [-0.2, 0) is 10.0 Å². The minimum absolute atomic E-state index is 0. The Labute approximate surface area is 137 Å². The summed E-state index contributed by atoms with van der Waals surface area (Å²) in [6.45, 7) is 2.93. The fourth-order valence-corrected chi connectivity index (χ4v) is 4.35. The molecular formula is C14H21ClN2O4S. The minimum Gasteiger partial charge on any atom is -0.486 e. The summed E-state index contributed by atoms with van der Waals surface area (Å²) in [5, 5.41) is 3.10. The summed E-state index contributed by atoms with van der Waals surface area (Å²) in [6, 6.07) is 4.83. The molecule has 2 aliphatic heterocycles. The van der Waals surface area contributed by atoms with E-state index in [-0.39, 0.29) is 17.3 Å². The second-order valence-electron chi connectivity index (χ2n) is 5.38. The van der Waals surface area contributed by atoms with Crippen molar-refractivity contribution in [1.29, 1.82) is 0 Å². The van der Waals surface area contributed by atoms with Crippen molar-refractivity contribution in [3.8, 4) is 11.5 Å². The van der Waals surface area contributed by atoms with Gasteiger partial charge < -0.3 is 14.8 Å². The van der Waals surface area contributed by atoms with Gasteiger partial charge in [0, 0.05) is 19.2 Å². The number of halogens is 1. The summed E-state index contributed by atoms with van der Waals surface area (Å²) < 4.78 is 37.8. The molecule has 0 saturated carbocycles. The van der Waals surface area contributed by atoms with Gasteiger partial charge in [0.05, 0.1) is 4.90 Å². The van der Waals surface area contributed by atoms with E-state index in [1.165, 1.54) is 0 Å². The second kappa shape index (κ2) is 7.04. The van der Waals surface area contributed by atoms with Gasteiger partial charge in [-0.3, -0.25) is 0 Å². The molecule has 1 N–H and O–H groups in total. The third-order valence-corrected chi connectivity index (χ3v) is 5.75. The predicted octanol–water partition coefficient (Wildman–Crippen LogP) is 1.11. The van der Waals surface area contributed by atoms with Crippen LogP contribution in [0.5, 0.6) is 11.5 Å². The van der Waals surface area contributed by atoms with E-state index in [4.69, 9.17) is 9.47 Å². The standard InChI is InChI=1S/C14H20N2O4S.ClH/c1-15-9-11-4-5-16(10-11)21(17,18)12-2-3-13-14(8-12)20-7-6-19-13;/h2-3,8,11,15H,4-7,9-10H2,1H3;1H. The van der Waals surface area contributed by atoms with Crippen LogP contribution in [0, 0.1) is 5.92 Å². The van der Waals surface area contributed by atoms with Crippen molar-refractivity contribution >= 4 is 22.4 Å². The van der Waals surface area contributed by atoms with E-state index in [9.17, 15) is 8.42 Å². The maximum absolute atomic E-state index is 12.7. The minimum atomic E-state index is -3.45.